The molecule has 2 amide bonds. The van der Waals surface area contributed by atoms with Gasteiger partial charge in [0.25, 0.3) is 0 Å². The topological polar surface area (TPSA) is 61.4 Å². The van der Waals surface area contributed by atoms with Crippen molar-refractivity contribution in [3.05, 3.63) is 63.6 Å². The number of halogens is 2. The molecular weight excluding hydrogens is 418 g/mol. The van der Waals surface area contributed by atoms with E-state index in [-0.39, 0.29) is 30.9 Å². The molecule has 26 heavy (non-hydrogen) atoms. The van der Waals surface area contributed by atoms with Gasteiger partial charge < -0.3 is 10.6 Å². The Labute approximate surface area is 166 Å². The van der Waals surface area contributed by atoms with Crippen LogP contribution in [0.3, 0.4) is 0 Å². The van der Waals surface area contributed by atoms with Gasteiger partial charge in [-0.3, -0.25) is 14.5 Å². The van der Waals surface area contributed by atoms with Gasteiger partial charge in [0.15, 0.2) is 0 Å². The number of hydrogen-bond donors (Lipinski definition) is 2. The van der Waals surface area contributed by atoms with Crippen LogP contribution in [0.4, 0.5) is 5.69 Å². The van der Waals surface area contributed by atoms with E-state index < -0.39 is 0 Å². The van der Waals surface area contributed by atoms with Crippen LogP contribution < -0.4 is 10.6 Å². The average molecular weight is 439 g/mol. The molecule has 1 unspecified atom stereocenters. The second-order valence-electron chi connectivity index (χ2n) is 6.04. The van der Waals surface area contributed by atoms with Gasteiger partial charge in [0.2, 0.25) is 11.8 Å². The Kier molecular flexibility index (Phi) is 7.63. The Balaban J connectivity index is 1.80. The average Bonchev–Trinajstić information content (AvgIpc) is 2.57. The highest BCUT2D eigenvalue weighted by atomic mass is 79.9. The predicted octanol–water partition coefficient (Wildman–Crippen LogP) is 3.85. The lowest BCUT2D eigenvalue weighted by atomic mass is 10.1. The zero-order valence-electron chi connectivity index (χ0n) is 14.6. The summed E-state index contributed by atoms with van der Waals surface area (Å²) in [6.45, 7) is 2.13. The van der Waals surface area contributed by atoms with Crippen LogP contribution >= 0.6 is 27.5 Å². The maximum absolute atomic E-state index is 12.2. The summed E-state index contributed by atoms with van der Waals surface area (Å²) in [5.74, 6) is -0.372. The molecule has 0 bridgehead atoms. The highest BCUT2D eigenvalue weighted by Gasteiger charge is 2.14. The van der Waals surface area contributed by atoms with Crippen LogP contribution in [0.5, 0.6) is 0 Å². The van der Waals surface area contributed by atoms with E-state index in [0.29, 0.717) is 10.7 Å². The van der Waals surface area contributed by atoms with Gasteiger partial charge in [0.05, 0.1) is 29.8 Å². The fourth-order valence-electron chi connectivity index (χ4n) is 2.42. The van der Waals surface area contributed by atoms with Crippen LogP contribution in [-0.4, -0.2) is 36.9 Å². The molecule has 138 valence electrons. The van der Waals surface area contributed by atoms with Crippen LogP contribution in [0, 0.1) is 0 Å². The van der Waals surface area contributed by atoms with Crippen molar-refractivity contribution in [3.63, 3.8) is 0 Å². The van der Waals surface area contributed by atoms with E-state index >= 15 is 0 Å². The quantitative estimate of drug-likeness (QED) is 0.690. The molecule has 2 N–H and O–H groups in total. The van der Waals surface area contributed by atoms with Gasteiger partial charge in [-0.1, -0.05) is 51.8 Å². The normalized spacial score (nSPS) is 11.9. The minimum atomic E-state index is -0.227. The summed E-state index contributed by atoms with van der Waals surface area (Å²) < 4.78 is 0.990. The van der Waals surface area contributed by atoms with Crippen molar-refractivity contribution < 1.29 is 9.59 Å². The van der Waals surface area contributed by atoms with Gasteiger partial charge in [-0.05, 0) is 43.8 Å². The second kappa shape index (κ2) is 9.71. The molecule has 0 aromatic heterocycles. The lowest BCUT2D eigenvalue weighted by Crippen LogP contribution is -2.39. The van der Waals surface area contributed by atoms with Gasteiger partial charge in [-0.2, -0.15) is 0 Å². The van der Waals surface area contributed by atoms with E-state index in [4.69, 9.17) is 11.6 Å². The molecule has 0 radical (unpaired) electrons. The number of para-hydroxylation sites is 1. The molecule has 0 saturated heterocycles. The zero-order valence-corrected chi connectivity index (χ0v) is 17.0. The highest BCUT2D eigenvalue weighted by Crippen LogP contribution is 2.20. The number of benzene rings is 2. The first-order valence-corrected chi connectivity index (χ1v) is 9.30. The highest BCUT2D eigenvalue weighted by molar-refractivity contribution is 9.10. The standard InChI is InChI=1S/C19H21BrClN3O2/c1-13(14-7-9-15(20)10-8-14)22-18(25)11-24(2)12-19(26)23-17-6-4-3-5-16(17)21/h3-10,13H,11-12H2,1-2H3,(H,22,25)(H,23,26). The van der Waals surface area contributed by atoms with Crippen LogP contribution in [0.25, 0.3) is 0 Å². The molecule has 7 heteroatoms. The molecular formula is C19H21BrClN3O2. The SMILES string of the molecule is CC(NC(=O)CN(C)CC(=O)Nc1ccccc1Cl)c1ccc(Br)cc1. The van der Waals surface area contributed by atoms with Crippen molar-refractivity contribution in [2.24, 2.45) is 0 Å². The molecule has 0 aliphatic rings. The fraction of sp³-hybridized carbons (Fsp3) is 0.263. The van der Waals surface area contributed by atoms with Crippen molar-refractivity contribution in [2.45, 2.75) is 13.0 Å². The Morgan fingerprint density at radius 3 is 2.35 bits per heavy atom. The van der Waals surface area contributed by atoms with Crippen molar-refractivity contribution in [1.29, 1.82) is 0 Å². The van der Waals surface area contributed by atoms with Crippen LogP contribution in [0.2, 0.25) is 5.02 Å². The third kappa shape index (κ3) is 6.44. The molecule has 2 rings (SSSR count). The Morgan fingerprint density at radius 1 is 1.08 bits per heavy atom. The largest absolute Gasteiger partial charge is 0.348 e. The van der Waals surface area contributed by atoms with Crippen LogP contribution in [0.1, 0.15) is 18.5 Å². The summed E-state index contributed by atoms with van der Waals surface area (Å²) in [5, 5.41) is 6.14. The zero-order chi connectivity index (χ0) is 19.1. The molecule has 0 aliphatic heterocycles. The number of nitrogens with one attached hydrogen (secondary N) is 2. The second-order valence-corrected chi connectivity index (χ2v) is 7.36. The summed E-state index contributed by atoms with van der Waals surface area (Å²) in [7, 11) is 1.72. The Bertz CT molecular complexity index is 768. The maximum atomic E-state index is 12.2. The summed E-state index contributed by atoms with van der Waals surface area (Å²) in [6.07, 6.45) is 0. The lowest BCUT2D eigenvalue weighted by molar-refractivity contribution is -0.123. The van der Waals surface area contributed by atoms with E-state index in [1.165, 1.54) is 0 Å². The molecule has 0 fully saturated rings. The Hall–Kier alpha value is -1.89. The summed E-state index contributed by atoms with van der Waals surface area (Å²) in [6, 6.07) is 14.7. The van der Waals surface area contributed by atoms with E-state index in [0.717, 1.165) is 10.0 Å². The van der Waals surface area contributed by atoms with Crippen molar-refractivity contribution in [2.75, 3.05) is 25.5 Å². The van der Waals surface area contributed by atoms with Gasteiger partial charge in [0.1, 0.15) is 0 Å². The lowest BCUT2D eigenvalue weighted by Gasteiger charge is -2.19. The fourth-order valence-corrected chi connectivity index (χ4v) is 2.87. The summed E-state index contributed by atoms with van der Waals surface area (Å²) in [5.41, 5.74) is 1.57. The monoisotopic (exact) mass is 437 g/mol. The third-order valence-electron chi connectivity index (χ3n) is 3.72. The third-order valence-corrected chi connectivity index (χ3v) is 4.58. The van der Waals surface area contributed by atoms with E-state index in [2.05, 4.69) is 26.6 Å². The van der Waals surface area contributed by atoms with Crippen LogP contribution in [-0.2, 0) is 9.59 Å². The predicted molar refractivity (Wildman–Crippen MR) is 108 cm³/mol. The van der Waals surface area contributed by atoms with E-state index in [1.807, 2.05) is 31.2 Å². The number of amides is 2. The summed E-state index contributed by atoms with van der Waals surface area (Å²) in [4.78, 5) is 25.9. The Morgan fingerprint density at radius 2 is 1.69 bits per heavy atom. The number of likely N-dealkylation sites (N-methyl/N-ethyl adjacent to an activating group) is 1. The van der Waals surface area contributed by atoms with Crippen molar-refractivity contribution in [3.8, 4) is 0 Å². The van der Waals surface area contributed by atoms with Gasteiger partial charge in [-0.15, -0.1) is 0 Å². The number of carbonyl (C=O) groups excluding carboxylic acids is 2. The van der Waals surface area contributed by atoms with E-state index in [9.17, 15) is 9.59 Å². The number of hydrogen-bond acceptors (Lipinski definition) is 3. The molecule has 2 aromatic rings. The van der Waals surface area contributed by atoms with Gasteiger partial charge in [0, 0.05) is 4.47 Å². The van der Waals surface area contributed by atoms with Crippen LogP contribution in [0.15, 0.2) is 53.0 Å². The maximum Gasteiger partial charge on any atom is 0.238 e. The number of rotatable bonds is 7. The van der Waals surface area contributed by atoms with Gasteiger partial charge in [-0.25, -0.2) is 0 Å². The molecule has 0 saturated carbocycles. The molecule has 0 heterocycles. The molecule has 0 aliphatic carbocycles. The minimum Gasteiger partial charge on any atom is -0.348 e. The van der Waals surface area contributed by atoms with E-state index in [1.54, 1.807) is 36.2 Å². The number of anilines is 1. The number of nitrogens with zero attached hydrogens (tertiary/aromatic N) is 1. The minimum absolute atomic E-state index is 0.0886. The molecule has 1 atom stereocenters. The first kappa shape index (κ1) is 20.4. The van der Waals surface area contributed by atoms with Crippen molar-refractivity contribution >= 4 is 45.0 Å². The smallest absolute Gasteiger partial charge is 0.238 e. The molecule has 2 aromatic carbocycles. The molecule has 0 spiro atoms. The van der Waals surface area contributed by atoms with Gasteiger partial charge >= 0.3 is 0 Å². The number of carbonyl (C=O) groups is 2. The molecule has 5 nitrogen and oxygen atoms in total. The first-order valence-electron chi connectivity index (χ1n) is 8.13. The van der Waals surface area contributed by atoms with Crippen molar-refractivity contribution in [1.82, 2.24) is 10.2 Å². The first-order chi connectivity index (χ1) is 12.3. The summed E-state index contributed by atoms with van der Waals surface area (Å²) >= 11 is 9.41.